The van der Waals surface area contributed by atoms with Gasteiger partial charge in [-0.15, -0.1) is 0 Å². The molecule has 3 nitrogen and oxygen atoms in total. The van der Waals surface area contributed by atoms with Crippen molar-refractivity contribution in [3.63, 3.8) is 0 Å². The molecule has 4 heteroatoms. The van der Waals surface area contributed by atoms with Crippen LogP contribution in [0.5, 0.6) is 0 Å². The number of halogens is 1. The average Bonchev–Trinajstić information content (AvgIpc) is 2.96. The molecular formula is C20H10FN3. The lowest BCUT2D eigenvalue weighted by Crippen LogP contribution is -2.00. The van der Waals surface area contributed by atoms with Gasteiger partial charge < -0.3 is 4.57 Å². The zero-order valence-electron chi connectivity index (χ0n) is 12.5. The van der Waals surface area contributed by atoms with Crippen LogP contribution in [0.15, 0.2) is 60.7 Å². The van der Waals surface area contributed by atoms with Crippen LogP contribution in [0.4, 0.5) is 4.39 Å². The number of benzene rings is 3. The van der Waals surface area contributed by atoms with E-state index in [1.807, 2.05) is 53.1 Å². The highest BCUT2D eigenvalue weighted by Gasteiger charge is 2.16. The summed E-state index contributed by atoms with van der Waals surface area (Å²) in [5, 5.41) is 20.5. The highest BCUT2D eigenvalue weighted by molar-refractivity contribution is 6.09. The van der Waals surface area contributed by atoms with E-state index in [2.05, 4.69) is 6.07 Å². The second kappa shape index (κ2) is 5.22. The Morgan fingerprint density at radius 1 is 0.750 bits per heavy atom. The summed E-state index contributed by atoms with van der Waals surface area (Å²) in [5.41, 5.74) is 2.35. The fraction of sp³-hybridized carbons (Fsp3) is 0. The standard InChI is InChI=1S/C20H10FN3/c21-17-10-20(14(12-23)9-13(17)11-22)24-18-7-3-1-5-15(18)16-6-2-4-8-19(16)24/h1-10H. The van der Waals surface area contributed by atoms with Crippen molar-refractivity contribution in [1.82, 2.24) is 4.57 Å². The molecule has 0 radical (unpaired) electrons. The van der Waals surface area contributed by atoms with Crippen LogP contribution in [-0.2, 0) is 0 Å². The van der Waals surface area contributed by atoms with Gasteiger partial charge in [0.15, 0.2) is 0 Å². The van der Waals surface area contributed by atoms with Crippen LogP contribution < -0.4 is 0 Å². The van der Waals surface area contributed by atoms with Crippen LogP contribution in [0.1, 0.15) is 11.1 Å². The van der Waals surface area contributed by atoms with Crippen molar-refractivity contribution in [3.8, 4) is 17.8 Å². The molecule has 0 saturated heterocycles. The molecule has 0 aliphatic carbocycles. The van der Waals surface area contributed by atoms with Gasteiger partial charge in [0.25, 0.3) is 0 Å². The van der Waals surface area contributed by atoms with Crippen LogP contribution in [0, 0.1) is 28.5 Å². The van der Waals surface area contributed by atoms with E-state index in [-0.39, 0.29) is 11.1 Å². The molecule has 0 aliphatic rings. The number of hydrogen-bond donors (Lipinski definition) is 0. The summed E-state index contributed by atoms with van der Waals surface area (Å²) in [6, 6.07) is 22.0. The van der Waals surface area contributed by atoms with Crippen LogP contribution in [0.25, 0.3) is 27.5 Å². The molecule has 3 aromatic carbocycles. The molecule has 0 aliphatic heterocycles. The van der Waals surface area contributed by atoms with Crippen LogP contribution in [0.3, 0.4) is 0 Å². The number of nitrogens with zero attached hydrogens (tertiary/aromatic N) is 3. The smallest absolute Gasteiger partial charge is 0.143 e. The largest absolute Gasteiger partial charge is 0.308 e. The van der Waals surface area contributed by atoms with E-state index in [1.54, 1.807) is 6.07 Å². The Labute approximate surface area is 137 Å². The van der Waals surface area contributed by atoms with Gasteiger partial charge in [-0.3, -0.25) is 0 Å². The fourth-order valence-corrected chi connectivity index (χ4v) is 3.11. The Bertz CT molecular complexity index is 1140. The van der Waals surface area contributed by atoms with Crippen molar-refractivity contribution in [2.45, 2.75) is 0 Å². The van der Waals surface area contributed by atoms with Gasteiger partial charge in [0.1, 0.15) is 18.0 Å². The summed E-state index contributed by atoms with van der Waals surface area (Å²) in [6.45, 7) is 0. The van der Waals surface area contributed by atoms with E-state index in [1.165, 1.54) is 12.1 Å². The van der Waals surface area contributed by atoms with Crippen molar-refractivity contribution >= 4 is 21.8 Å². The molecule has 0 saturated carbocycles. The van der Waals surface area contributed by atoms with Gasteiger partial charge in [-0.2, -0.15) is 10.5 Å². The maximum absolute atomic E-state index is 14.2. The minimum atomic E-state index is -0.631. The van der Waals surface area contributed by atoms with E-state index in [9.17, 15) is 9.65 Å². The Balaban J connectivity index is 2.20. The molecular weight excluding hydrogens is 301 g/mol. The van der Waals surface area contributed by atoms with E-state index in [4.69, 9.17) is 5.26 Å². The van der Waals surface area contributed by atoms with Gasteiger partial charge in [-0.25, -0.2) is 4.39 Å². The molecule has 4 aromatic rings. The van der Waals surface area contributed by atoms with Crippen molar-refractivity contribution in [1.29, 1.82) is 10.5 Å². The number of hydrogen-bond acceptors (Lipinski definition) is 2. The number of nitriles is 2. The molecule has 0 spiro atoms. The van der Waals surface area contributed by atoms with E-state index in [0.29, 0.717) is 5.69 Å². The maximum Gasteiger partial charge on any atom is 0.143 e. The lowest BCUT2D eigenvalue weighted by molar-refractivity contribution is 0.623. The minimum Gasteiger partial charge on any atom is -0.308 e. The van der Waals surface area contributed by atoms with Gasteiger partial charge in [0.05, 0.1) is 27.8 Å². The summed E-state index contributed by atoms with van der Waals surface area (Å²) < 4.78 is 16.1. The topological polar surface area (TPSA) is 52.5 Å². The van der Waals surface area contributed by atoms with Gasteiger partial charge in [-0.05, 0) is 18.2 Å². The zero-order chi connectivity index (χ0) is 16.7. The van der Waals surface area contributed by atoms with Gasteiger partial charge >= 0.3 is 0 Å². The number of fused-ring (bicyclic) bond motifs is 3. The van der Waals surface area contributed by atoms with Gasteiger partial charge in [0, 0.05) is 16.8 Å². The molecule has 24 heavy (non-hydrogen) atoms. The van der Waals surface area contributed by atoms with Crippen LogP contribution in [0.2, 0.25) is 0 Å². The summed E-state index contributed by atoms with van der Waals surface area (Å²) in [7, 11) is 0. The highest BCUT2D eigenvalue weighted by atomic mass is 19.1. The Morgan fingerprint density at radius 2 is 1.29 bits per heavy atom. The third kappa shape index (κ3) is 1.87. The number of para-hydroxylation sites is 2. The Kier molecular flexibility index (Phi) is 3.05. The first-order valence-electron chi connectivity index (χ1n) is 7.37. The Morgan fingerprint density at radius 3 is 1.83 bits per heavy atom. The molecule has 0 bridgehead atoms. The summed E-state index contributed by atoms with van der Waals surface area (Å²) in [4.78, 5) is 0. The number of rotatable bonds is 1. The lowest BCUT2D eigenvalue weighted by atomic mass is 10.1. The predicted molar refractivity (Wildman–Crippen MR) is 90.2 cm³/mol. The summed E-state index contributed by atoms with van der Waals surface area (Å²) >= 11 is 0. The molecule has 0 amide bonds. The molecule has 1 heterocycles. The normalized spacial score (nSPS) is 10.6. The minimum absolute atomic E-state index is 0.129. The molecule has 4 rings (SSSR count). The quantitative estimate of drug-likeness (QED) is 0.513. The summed E-state index contributed by atoms with van der Waals surface area (Å²) in [6.07, 6.45) is 0. The highest BCUT2D eigenvalue weighted by Crippen LogP contribution is 2.33. The first-order chi connectivity index (χ1) is 11.7. The van der Waals surface area contributed by atoms with E-state index >= 15 is 0 Å². The van der Waals surface area contributed by atoms with Crippen molar-refractivity contribution in [2.24, 2.45) is 0 Å². The van der Waals surface area contributed by atoms with Crippen molar-refractivity contribution in [3.05, 3.63) is 77.6 Å². The molecule has 0 fully saturated rings. The molecule has 1 aromatic heterocycles. The van der Waals surface area contributed by atoms with E-state index < -0.39 is 5.82 Å². The van der Waals surface area contributed by atoms with Crippen molar-refractivity contribution < 1.29 is 4.39 Å². The van der Waals surface area contributed by atoms with Crippen LogP contribution >= 0.6 is 0 Å². The zero-order valence-corrected chi connectivity index (χ0v) is 12.5. The average molecular weight is 311 g/mol. The second-order valence-electron chi connectivity index (χ2n) is 5.44. The number of aromatic nitrogens is 1. The van der Waals surface area contributed by atoms with E-state index in [0.717, 1.165) is 21.8 Å². The Hall–Kier alpha value is -3.63. The third-order valence-corrected chi connectivity index (χ3v) is 4.15. The predicted octanol–water partition coefficient (Wildman–Crippen LogP) is 4.67. The third-order valence-electron chi connectivity index (χ3n) is 4.15. The van der Waals surface area contributed by atoms with Gasteiger partial charge in [-0.1, -0.05) is 36.4 Å². The lowest BCUT2D eigenvalue weighted by Gasteiger charge is -2.10. The van der Waals surface area contributed by atoms with Gasteiger partial charge in [0.2, 0.25) is 0 Å². The molecule has 0 atom stereocenters. The SMILES string of the molecule is N#Cc1cc(C#N)c(-n2c3ccccc3c3ccccc32)cc1F. The van der Waals surface area contributed by atoms with Crippen molar-refractivity contribution in [2.75, 3.05) is 0 Å². The molecule has 0 N–H and O–H groups in total. The molecule has 112 valence electrons. The maximum atomic E-state index is 14.2. The first-order valence-corrected chi connectivity index (χ1v) is 7.37. The second-order valence-corrected chi connectivity index (χ2v) is 5.44. The fourth-order valence-electron chi connectivity index (χ4n) is 3.11. The monoisotopic (exact) mass is 311 g/mol. The van der Waals surface area contributed by atoms with Crippen LogP contribution in [-0.4, -0.2) is 4.57 Å². The molecule has 0 unspecified atom stereocenters. The first kappa shape index (κ1) is 14.0. The summed E-state index contributed by atoms with van der Waals surface area (Å²) in [5.74, 6) is -0.631.